The SMILES string of the molecule is CN1CCC(N(C)c2c(F)cccc2CCl)CC1. The first-order valence-electron chi connectivity index (χ1n) is 6.38. The van der Waals surface area contributed by atoms with Crippen molar-refractivity contribution in [2.24, 2.45) is 0 Å². The molecule has 0 saturated carbocycles. The second-order valence-corrected chi connectivity index (χ2v) is 5.29. The molecule has 1 heterocycles. The van der Waals surface area contributed by atoms with Crippen LogP contribution in [0.5, 0.6) is 0 Å². The lowest BCUT2D eigenvalue weighted by atomic mass is 10.0. The Kier molecular flexibility index (Phi) is 4.46. The zero-order valence-electron chi connectivity index (χ0n) is 11.0. The minimum absolute atomic E-state index is 0.172. The highest BCUT2D eigenvalue weighted by Gasteiger charge is 2.23. The maximum Gasteiger partial charge on any atom is 0.146 e. The van der Waals surface area contributed by atoms with Crippen molar-refractivity contribution < 1.29 is 4.39 Å². The summed E-state index contributed by atoms with van der Waals surface area (Å²) in [5.74, 6) is 0.180. The van der Waals surface area contributed by atoms with E-state index < -0.39 is 0 Å². The standard InChI is InChI=1S/C14H20ClFN2/c1-17-8-6-12(7-9-17)18(2)14-11(10-15)4-3-5-13(14)16/h3-5,12H,6-10H2,1-2H3. The number of benzene rings is 1. The Labute approximate surface area is 113 Å². The summed E-state index contributed by atoms with van der Waals surface area (Å²) in [7, 11) is 4.11. The largest absolute Gasteiger partial charge is 0.369 e. The van der Waals surface area contributed by atoms with Crippen molar-refractivity contribution in [3.63, 3.8) is 0 Å². The van der Waals surface area contributed by atoms with Crippen LogP contribution in [0.1, 0.15) is 18.4 Å². The van der Waals surface area contributed by atoms with Gasteiger partial charge >= 0.3 is 0 Å². The second kappa shape index (κ2) is 5.89. The Hall–Kier alpha value is -0.800. The van der Waals surface area contributed by atoms with Crippen LogP contribution in [0.3, 0.4) is 0 Å². The van der Waals surface area contributed by atoms with Crippen LogP contribution < -0.4 is 4.90 Å². The predicted molar refractivity (Wildman–Crippen MR) is 74.9 cm³/mol. The van der Waals surface area contributed by atoms with E-state index in [-0.39, 0.29) is 5.82 Å². The predicted octanol–water partition coefficient (Wildman–Crippen LogP) is 3.09. The van der Waals surface area contributed by atoms with Crippen LogP contribution >= 0.6 is 11.6 Å². The first-order valence-corrected chi connectivity index (χ1v) is 6.91. The van der Waals surface area contributed by atoms with Gasteiger partial charge in [-0.25, -0.2) is 4.39 Å². The van der Waals surface area contributed by atoms with Crippen molar-refractivity contribution in [3.8, 4) is 0 Å². The molecule has 1 aromatic carbocycles. The zero-order valence-corrected chi connectivity index (χ0v) is 11.8. The van der Waals surface area contributed by atoms with Crippen LogP contribution in [-0.2, 0) is 5.88 Å². The lowest BCUT2D eigenvalue weighted by molar-refractivity contribution is 0.252. The monoisotopic (exact) mass is 270 g/mol. The molecular weight excluding hydrogens is 251 g/mol. The summed E-state index contributed by atoms with van der Waals surface area (Å²) in [4.78, 5) is 4.38. The highest BCUT2D eigenvalue weighted by molar-refractivity contribution is 6.17. The first kappa shape index (κ1) is 13.6. The van der Waals surface area contributed by atoms with Crippen LogP contribution in [-0.4, -0.2) is 38.1 Å². The van der Waals surface area contributed by atoms with E-state index in [1.165, 1.54) is 6.07 Å². The van der Waals surface area contributed by atoms with Gasteiger partial charge < -0.3 is 9.80 Å². The molecule has 1 aliphatic rings. The van der Waals surface area contributed by atoms with E-state index in [1.807, 2.05) is 13.1 Å². The molecule has 0 atom stereocenters. The Morgan fingerprint density at radius 1 is 1.39 bits per heavy atom. The summed E-state index contributed by atoms with van der Waals surface area (Å²) >= 11 is 5.91. The molecule has 0 spiro atoms. The Bertz CT molecular complexity index is 403. The highest BCUT2D eigenvalue weighted by atomic mass is 35.5. The number of para-hydroxylation sites is 1. The Morgan fingerprint density at radius 2 is 2.06 bits per heavy atom. The van der Waals surface area contributed by atoms with Crippen molar-refractivity contribution in [1.82, 2.24) is 4.90 Å². The molecule has 0 amide bonds. The molecule has 2 rings (SSSR count). The topological polar surface area (TPSA) is 6.48 Å². The molecular formula is C14H20ClFN2. The van der Waals surface area contributed by atoms with Gasteiger partial charge in [-0.3, -0.25) is 0 Å². The fourth-order valence-electron chi connectivity index (χ4n) is 2.63. The summed E-state index contributed by atoms with van der Waals surface area (Å²) in [5, 5.41) is 0. The van der Waals surface area contributed by atoms with Crippen LogP contribution in [0.4, 0.5) is 10.1 Å². The Morgan fingerprint density at radius 3 is 2.67 bits per heavy atom. The summed E-state index contributed by atoms with van der Waals surface area (Å²) in [5.41, 5.74) is 1.54. The van der Waals surface area contributed by atoms with Crippen molar-refractivity contribution in [2.45, 2.75) is 24.8 Å². The molecule has 4 heteroatoms. The average molecular weight is 271 g/mol. The number of halogens is 2. The van der Waals surface area contributed by atoms with Gasteiger partial charge in [0.05, 0.1) is 5.69 Å². The van der Waals surface area contributed by atoms with Gasteiger partial charge in [0.1, 0.15) is 5.82 Å². The number of hydrogen-bond acceptors (Lipinski definition) is 2. The third kappa shape index (κ3) is 2.78. The Balaban J connectivity index is 2.20. The minimum Gasteiger partial charge on any atom is -0.369 e. The molecule has 1 aliphatic heterocycles. The highest BCUT2D eigenvalue weighted by Crippen LogP contribution is 2.29. The molecule has 100 valence electrons. The van der Waals surface area contributed by atoms with E-state index in [0.29, 0.717) is 17.6 Å². The molecule has 2 nitrogen and oxygen atoms in total. The van der Waals surface area contributed by atoms with E-state index in [1.54, 1.807) is 6.07 Å². The molecule has 1 saturated heterocycles. The van der Waals surface area contributed by atoms with E-state index in [0.717, 1.165) is 31.5 Å². The number of anilines is 1. The van der Waals surface area contributed by atoms with Crippen LogP contribution in [0, 0.1) is 5.82 Å². The quantitative estimate of drug-likeness (QED) is 0.779. The third-order valence-corrected chi connectivity index (χ3v) is 4.09. The molecule has 1 aromatic rings. The van der Waals surface area contributed by atoms with Gasteiger partial charge in [-0.1, -0.05) is 12.1 Å². The van der Waals surface area contributed by atoms with Crippen molar-refractivity contribution in [1.29, 1.82) is 0 Å². The normalized spacial score (nSPS) is 18.0. The number of piperidine rings is 1. The molecule has 18 heavy (non-hydrogen) atoms. The molecule has 0 aliphatic carbocycles. The van der Waals surface area contributed by atoms with Crippen LogP contribution in [0.15, 0.2) is 18.2 Å². The summed E-state index contributed by atoms with van der Waals surface area (Å²) in [6, 6.07) is 5.53. The van der Waals surface area contributed by atoms with Gasteiger partial charge in [-0.05, 0) is 44.6 Å². The van der Waals surface area contributed by atoms with Gasteiger partial charge in [0.25, 0.3) is 0 Å². The minimum atomic E-state index is -0.172. The van der Waals surface area contributed by atoms with Gasteiger partial charge in [0, 0.05) is 19.0 Å². The summed E-state index contributed by atoms with van der Waals surface area (Å²) < 4.78 is 14.0. The molecule has 0 unspecified atom stereocenters. The molecule has 1 fully saturated rings. The molecule has 0 bridgehead atoms. The smallest absolute Gasteiger partial charge is 0.146 e. The number of nitrogens with zero attached hydrogens (tertiary/aromatic N) is 2. The van der Waals surface area contributed by atoms with E-state index in [9.17, 15) is 4.39 Å². The maximum atomic E-state index is 14.0. The fraction of sp³-hybridized carbons (Fsp3) is 0.571. The lowest BCUT2D eigenvalue weighted by Crippen LogP contribution is -2.42. The fourth-order valence-corrected chi connectivity index (χ4v) is 2.84. The molecule has 0 N–H and O–H groups in total. The van der Waals surface area contributed by atoms with E-state index in [2.05, 4.69) is 16.8 Å². The molecule has 0 aromatic heterocycles. The molecule has 0 radical (unpaired) electrons. The maximum absolute atomic E-state index is 14.0. The van der Waals surface area contributed by atoms with E-state index in [4.69, 9.17) is 11.6 Å². The van der Waals surface area contributed by atoms with Gasteiger partial charge in [-0.2, -0.15) is 0 Å². The number of alkyl halides is 1. The number of hydrogen-bond donors (Lipinski definition) is 0. The first-order chi connectivity index (χ1) is 8.63. The van der Waals surface area contributed by atoms with Crippen molar-refractivity contribution in [2.75, 3.05) is 32.1 Å². The summed E-state index contributed by atoms with van der Waals surface area (Å²) in [6.45, 7) is 2.14. The van der Waals surface area contributed by atoms with Gasteiger partial charge in [0.15, 0.2) is 0 Å². The van der Waals surface area contributed by atoms with Crippen LogP contribution in [0.2, 0.25) is 0 Å². The second-order valence-electron chi connectivity index (χ2n) is 5.03. The van der Waals surface area contributed by atoms with Crippen molar-refractivity contribution in [3.05, 3.63) is 29.6 Å². The van der Waals surface area contributed by atoms with Gasteiger partial charge in [-0.15, -0.1) is 11.6 Å². The third-order valence-electron chi connectivity index (χ3n) is 3.80. The lowest BCUT2D eigenvalue weighted by Gasteiger charge is -2.37. The van der Waals surface area contributed by atoms with Crippen molar-refractivity contribution >= 4 is 17.3 Å². The zero-order chi connectivity index (χ0) is 13.1. The van der Waals surface area contributed by atoms with Crippen LogP contribution in [0.25, 0.3) is 0 Å². The summed E-state index contributed by atoms with van der Waals surface area (Å²) in [6.07, 6.45) is 2.14. The van der Waals surface area contributed by atoms with Gasteiger partial charge in [0.2, 0.25) is 0 Å². The van der Waals surface area contributed by atoms with E-state index >= 15 is 0 Å². The number of likely N-dealkylation sites (tertiary alicyclic amines) is 1. The average Bonchev–Trinajstić information content (AvgIpc) is 2.38. The number of rotatable bonds is 3.